The topological polar surface area (TPSA) is 52.5 Å². The highest BCUT2D eigenvalue weighted by Gasteiger charge is 2.23. The maximum atomic E-state index is 4.76. The van der Waals surface area contributed by atoms with Crippen LogP contribution in [0.3, 0.4) is 0 Å². The van der Waals surface area contributed by atoms with Gasteiger partial charge in [0.05, 0.1) is 5.70 Å². The average Bonchev–Trinajstić information content (AvgIpc) is 2.94. The number of hydrogen-bond donors (Lipinski definition) is 2. The van der Waals surface area contributed by atoms with E-state index in [1.807, 2.05) is 24.7 Å². The molecule has 0 radical (unpaired) electrons. The van der Waals surface area contributed by atoms with E-state index in [4.69, 9.17) is 4.98 Å². The predicted octanol–water partition coefficient (Wildman–Crippen LogP) is 5.74. The summed E-state index contributed by atoms with van der Waals surface area (Å²) in [5, 5.41) is 7.12. The molecule has 0 unspecified atom stereocenters. The van der Waals surface area contributed by atoms with Crippen molar-refractivity contribution in [1.82, 2.24) is 20.5 Å². The van der Waals surface area contributed by atoms with Crippen molar-refractivity contribution in [2.75, 3.05) is 26.7 Å². The number of aromatic nitrogens is 1. The van der Waals surface area contributed by atoms with Gasteiger partial charge in [0.2, 0.25) is 0 Å². The number of nitrogens with one attached hydrogen (secondary N) is 2. The molecule has 5 nitrogen and oxygen atoms in total. The van der Waals surface area contributed by atoms with Gasteiger partial charge in [0.1, 0.15) is 0 Å². The van der Waals surface area contributed by atoms with Gasteiger partial charge >= 0.3 is 0 Å². The average molecular weight is 494 g/mol. The Morgan fingerprint density at radius 2 is 2.16 bits per heavy atom. The molecule has 0 bridgehead atoms. The Labute approximate surface area is 222 Å². The molecule has 2 aliphatic heterocycles. The van der Waals surface area contributed by atoms with E-state index in [1.54, 1.807) is 0 Å². The molecule has 1 saturated heterocycles. The second-order valence-electron chi connectivity index (χ2n) is 9.59. The summed E-state index contributed by atoms with van der Waals surface area (Å²) in [5.74, 6) is 0. The van der Waals surface area contributed by atoms with Crippen molar-refractivity contribution in [2.45, 2.75) is 45.6 Å². The zero-order valence-corrected chi connectivity index (χ0v) is 22.5. The first-order chi connectivity index (χ1) is 18.1. The summed E-state index contributed by atoms with van der Waals surface area (Å²) >= 11 is 0. The van der Waals surface area contributed by atoms with Gasteiger partial charge in [-0.05, 0) is 100 Å². The molecule has 0 amide bonds. The van der Waals surface area contributed by atoms with Crippen molar-refractivity contribution in [2.24, 2.45) is 4.99 Å². The van der Waals surface area contributed by atoms with E-state index in [1.165, 1.54) is 16.7 Å². The van der Waals surface area contributed by atoms with Crippen molar-refractivity contribution >= 4 is 17.4 Å². The van der Waals surface area contributed by atoms with Gasteiger partial charge in [-0.1, -0.05) is 31.4 Å². The van der Waals surface area contributed by atoms with E-state index in [0.29, 0.717) is 6.04 Å². The molecule has 1 aromatic rings. The zero-order chi connectivity index (χ0) is 26.2. The van der Waals surface area contributed by atoms with Crippen molar-refractivity contribution in [3.63, 3.8) is 0 Å². The summed E-state index contributed by atoms with van der Waals surface area (Å²) in [6, 6.07) is 2.51. The quantitative estimate of drug-likeness (QED) is 0.358. The van der Waals surface area contributed by atoms with Gasteiger partial charge < -0.3 is 15.5 Å². The number of fused-ring (bicyclic) bond motifs is 1. The fourth-order valence-electron chi connectivity index (χ4n) is 5.16. The molecule has 1 fully saturated rings. The smallest absolute Gasteiger partial charge is 0.0864 e. The first kappa shape index (κ1) is 26.4. The first-order valence-electron chi connectivity index (χ1n) is 13.3. The highest BCUT2D eigenvalue weighted by atomic mass is 15.1. The number of hydrogen-bond acceptors (Lipinski definition) is 5. The maximum absolute atomic E-state index is 4.76. The molecule has 0 aromatic carbocycles. The minimum atomic E-state index is 0.407. The Balaban J connectivity index is 1.72. The van der Waals surface area contributed by atoms with Crippen molar-refractivity contribution < 1.29 is 0 Å². The molecular weight excluding hydrogens is 454 g/mol. The normalized spacial score (nSPS) is 19.9. The monoisotopic (exact) mass is 493 g/mol. The van der Waals surface area contributed by atoms with Crippen LogP contribution in [0.25, 0.3) is 11.1 Å². The van der Waals surface area contributed by atoms with Gasteiger partial charge in [-0.3, -0.25) is 9.98 Å². The van der Waals surface area contributed by atoms with Crippen LogP contribution < -0.4 is 10.6 Å². The summed E-state index contributed by atoms with van der Waals surface area (Å²) in [4.78, 5) is 11.7. The fraction of sp³-hybridized carbons (Fsp3) is 0.344. The number of dihydropyridines is 1. The van der Waals surface area contributed by atoms with Crippen LogP contribution in [0.4, 0.5) is 0 Å². The lowest BCUT2D eigenvalue weighted by atomic mass is 9.83. The number of rotatable bonds is 8. The van der Waals surface area contributed by atoms with E-state index in [-0.39, 0.29) is 0 Å². The van der Waals surface area contributed by atoms with E-state index in [9.17, 15) is 0 Å². The Kier molecular flexibility index (Phi) is 8.95. The van der Waals surface area contributed by atoms with Crippen LogP contribution in [0.5, 0.6) is 0 Å². The molecule has 0 spiro atoms. The third kappa shape index (κ3) is 6.02. The third-order valence-electron chi connectivity index (χ3n) is 7.18. The molecule has 1 aliphatic carbocycles. The lowest BCUT2D eigenvalue weighted by Gasteiger charge is -2.31. The van der Waals surface area contributed by atoms with Crippen molar-refractivity contribution in [3.8, 4) is 0 Å². The molecule has 3 aliphatic rings. The fourth-order valence-corrected chi connectivity index (χ4v) is 5.16. The molecule has 192 valence electrons. The Morgan fingerprint density at radius 1 is 1.35 bits per heavy atom. The molecule has 3 heterocycles. The van der Waals surface area contributed by atoms with E-state index in [2.05, 4.69) is 90.7 Å². The number of allylic oxidation sites excluding steroid dienone is 8. The highest BCUT2D eigenvalue weighted by molar-refractivity contribution is 6.12. The maximum Gasteiger partial charge on any atom is 0.0864 e. The SMILES string of the molecule is C=C=C(NC1CCN(C)CC1)/C(C=C)=C1\C=C(C2=CCCc3nccc(/C(C=NCC)=C/C)c32)C=CN1. The van der Waals surface area contributed by atoms with Gasteiger partial charge in [0.25, 0.3) is 0 Å². The summed E-state index contributed by atoms with van der Waals surface area (Å²) in [5.41, 5.74) is 13.0. The molecule has 2 N–H and O–H groups in total. The Bertz CT molecular complexity index is 1260. The molecular formula is C32H39N5. The van der Waals surface area contributed by atoms with Crippen LogP contribution in [0.1, 0.15) is 49.9 Å². The summed E-state index contributed by atoms with van der Waals surface area (Å²) in [6.07, 6.45) is 20.7. The minimum absolute atomic E-state index is 0.407. The van der Waals surface area contributed by atoms with E-state index >= 15 is 0 Å². The van der Waals surface area contributed by atoms with Crippen molar-refractivity contribution in [1.29, 1.82) is 0 Å². The van der Waals surface area contributed by atoms with Crippen LogP contribution in [0, 0.1) is 0 Å². The lowest BCUT2D eigenvalue weighted by molar-refractivity contribution is 0.242. The van der Waals surface area contributed by atoms with Gasteiger partial charge in [-0.15, -0.1) is 5.73 Å². The summed E-state index contributed by atoms with van der Waals surface area (Å²) in [6.45, 7) is 15.2. The Hall–Kier alpha value is -3.66. The second kappa shape index (κ2) is 12.5. The molecule has 0 atom stereocenters. The van der Waals surface area contributed by atoms with Gasteiger partial charge in [0.15, 0.2) is 0 Å². The standard InChI is InChI=1S/C32H39N5/c1-6-23(22-33-9-4)28-14-18-34-30-12-10-11-27(32(28)30)24-13-17-35-31(21-24)26(7-2)29(8-3)36-25-15-19-37(5)20-16-25/h6-7,11,13-14,17-18,21-22,25,35-36H,2-3,9-10,12,15-16,19-20H2,1,4-5H3/b23-6+,31-26+,33-22?. The van der Waals surface area contributed by atoms with Gasteiger partial charge in [0, 0.05) is 53.7 Å². The number of aliphatic imine (C=N–C) groups is 1. The van der Waals surface area contributed by atoms with Crippen LogP contribution >= 0.6 is 0 Å². The Morgan fingerprint density at radius 3 is 2.86 bits per heavy atom. The molecule has 5 heteroatoms. The van der Waals surface area contributed by atoms with Gasteiger partial charge in [-0.2, -0.15) is 0 Å². The molecule has 1 aromatic heterocycles. The summed E-state index contributed by atoms with van der Waals surface area (Å²) < 4.78 is 0. The number of pyridine rings is 1. The predicted molar refractivity (Wildman–Crippen MR) is 157 cm³/mol. The summed E-state index contributed by atoms with van der Waals surface area (Å²) in [7, 11) is 2.18. The van der Waals surface area contributed by atoms with Crippen LogP contribution in [0.2, 0.25) is 0 Å². The van der Waals surface area contributed by atoms with Crippen molar-refractivity contribution in [3.05, 3.63) is 107 Å². The van der Waals surface area contributed by atoms with E-state index < -0.39 is 0 Å². The third-order valence-corrected chi connectivity index (χ3v) is 7.18. The van der Waals surface area contributed by atoms with Crippen LogP contribution in [-0.4, -0.2) is 48.8 Å². The minimum Gasteiger partial charge on any atom is -0.375 e. The van der Waals surface area contributed by atoms with Gasteiger partial charge in [-0.25, -0.2) is 0 Å². The van der Waals surface area contributed by atoms with E-state index in [0.717, 1.165) is 79.1 Å². The number of aryl methyl sites for hydroxylation is 1. The highest BCUT2D eigenvalue weighted by Crippen LogP contribution is 2.37. The number of nitrogens with zero attached hydrogens (tertiary/aromatic N) is 3. The number of piperidine rings is 1. The molecule has 0 saturated carbocycles. The number of likely N-dealkylation sites (tertiary alicyclic amines) is 1. The second-order valence-corrected chi connectivity index (χ2v) is 9.59. The lowest BCUT2D eigenvalue weighted by Crippen LogP contribution is -2.40. The van der Waals surface area contributed by atoms with Crippen LogP contribution in [0.15, 0.2) is 95.3 Å². The zero-order valence-electron chi connectivity index (χ0n) is 22.5. The molecule has 37 heavy (non-hydrogen) atoms. The van der Waals surface area contributed by atoms with Crippen LogP contribution in [-0.2, 0) is 6.42 Å². The molecule has 4 rings (SSSR count). The largest absolute Gasteiger partial charge is 0.375 e. The first-order valence-corrected chi connectivity index (χ1v) is 13.3.